The van der Waals surface area contributed by atoms with Gasteiger partial charge in [0.05, 0.1) is 23.8 Å². The third-order valence-corrected chi connectivity index (χ3v) is 7.45. The number of pyridine rings is 1. The summed E-state index contributed by atoms with van der Waals surface area (Å²) in [4.78, 5) is 54.5. The summed E-state index contributed by atoms with van der Waals surface area (Å²) in [6, 6.07) is 1.56. The van der Waals surface area contributed by atoms with Crippen LogP contribution in [0.5, 0.6) is 0 Å². The molecule has 1 saturated heterocycles. The van der Waals surface area contributed by atoms with Crippen LogP contribution in [0.15, 0.2) is 23.3 Å². The van der Waals surface area contributed by atoms with Gasteiger partial charge in [0.1, 0.15) is 5.82 Å². The van der Waals surface area contributed by atoms with Crippen LogP contribution in [0, 0.1) is 12.8 Å². The lowest BCUT2D eigenvalue weighted by Crippen LogP contribution is -2.41. The fourth-order valence-corrected chi connectivity index (χ4v) is 5.59. The number of likely N-dealkylation sites (tertiary alicyclic amines) is 1. The van der Waals surface area contributed by atoms with Gasteiger partial charge in [-0.2, -0.15) is 0 Å². The molecule has 5 rings (SSSR count). The van der Waals surface area contributed by atoms with Crippen molar-refractivity contribution in [1.82, 2.24) is 24.8 Å². The molecule has 2 aromatic heterocycles. The van der Waals surface area contributed by atoms with Crippen LogP contribution >= 0.6 is 0 Å². The van der Waals surface area contributed by atoms with Crippen molar-refractivity contribution in [1.29, 1.82) is 0 Å². The Kier molecular flexibility index (Phi) is 6.00. The number of nitrogens with zero attached hydrogens (tertiary/aromatic N) is 4. The van der Waals surface area contributed by atoms with E-state index < -0.39 is 0 Å². The molecule has 1 aliphatic carbocycles. The van der Waals surface area contributed by atoms with Crippen molar-refractivity contribution >= 4 is 11.8 Å². The molecule has 4 heterocycles. The maximum absolute atomic E-state index is 13.0. The van der Waals surface area contributed by atoms with Crippen LogP contribution in [-0.2, 0) is 17.8 Å². The third-order valence-electron chi connectivity index (χ3n) is 7.45. The van der Waals surface area contributed by atoms with Gasteiger partial charge in [-0.05, 0) is 50.2 Å². The predicted molar refractivity (Wildman–Crippen MR) is 123 cm³/mol. The van der Waals surface area contributed by atoms with E-state index >= 15 is 0 Å². The maximum atomic E-state index is 13.0. The number of carbonyl (C=O) groups is 2. The largest absolute Gasteiger partial charge is 0.334 e. The van der Waals surface area contributed by atoms with E-state index in [2.05, 4.69) is 9.97 Å². The Hall–Kier alpha value is -3.03. The average molecular weight is 450 g/mol. The second-order valence-electron chi connectivity index (χ2n) is 9.64. The number of carbonyl (C=O) groups excluding carboxylic acids is 2. The first-order valence-electron chi connectivity index (χ1n) is 12.1. The third kappa shape index (κ3) is 4.30. The molecule has 2 aromatic rings. The van der Waals surface area contributed by atoms with E-state index in [1.54, 1.807) is 23.4 Å². The minimum atomic E-state index is -0.200. The van der Waals surface area contributed by atoms with Gasteiger partial charge in [0, 0.05) is 43.9 Å². The number of H-pyrrole nitrogens is 1. The molecule has 3 aliphatic rings. The Labute approximate surface area is 193 Å². The SMILES string of the molecule is Cc1cnccc1C(=O)N1CCc2nc(C3CCCN3C(=O)CC3CCCC3)[nH]c(=O)c2C1. The number of fused-ring (bicyclic) bond motifs is 1. The van der Waals surface area contributed by atoms with Crippen molar-refractivity contribution in [3.05, 3.63) is 57.0 Å². The first kappa shape index (κ1) is 21.8. The lowest BCUT2D eigenvalue weighted by molar-refractivity contribution is -0.133. The first-order chi connectivity index (χ1) is 16.0. The number of hydrogen-bond acceptors (Lipinski definition) is 5. The molecule has 1 unspecified atom stereocenters. The monoisotopic (exact) mass is 449 g/mol. The van der Waals surface area contributed by atoms with Gasteiger partial charge in [0.2, 0.25) is 5.91 Å². The fourth-order valence-electron chi connectivity index (χ4n) is 5.59. The van der Waals surface area contributed by atoms with Crippen molar-refractivity contribution in [3.63, 3.8) is 0 Å². The van der Waals surface area contributed by atoms with E-state index in [4.69, 9.17) is 4.98 Å². The van der Waals surface area contributed by atoms with Crippen molar-refractivity contribution in [2.45, 2.75) is 70.9 Å². The highest BCUT2D eigenvalue weighted by Crippen LogP contribution is 2.34. The molecule has 8 nitrogen and oxygen atoms in total. The van der Waals surface area contributed by atoms with Gasteiger partial charge in [0.25, 0.3) is 11.5 Å². The zero-order chi connectivity index (χ0) is 22.9. The quantitative estimate of drug-likeness (QED) is 0.774. The summed E-state index contributed by atoms with van der Waals surface area (Å²) in [5.41, 5.74) is 2.52. The van der Waals surface area contributed by atoms with Gasteiger partial charge < -0.3 is 14.8 Å². The lowest BCUT2D eigenvalue weighted by atomic mass is 10.0. The van der Waals surface area contributed by atoms with Crippen LogP contribution in [-0.4, -0.2) is 49.7 Å². The van der Waals surface area contributed by atoms with Crippen LogP contribution in [0.25, 0.3) is 0 Å². The van der Waals surface area contributed by atoms with Gasteiger partial charge in [-0.1, -0.05) is 12.8 Å². The van der Waals surface area contributed by atoms with E-state index in [9.17, 15) is 14.4 Å². The van der Waals surface area contributed by atoms with Gasteiger partial charge in [0.15, 0.2) is 0 Å². The molecule has 1 N–H and O–H groups in total. The summed E-state index contributed by atoms with van der Waals surface area (Å²) in [6.07, 6.45) is 10.9. The molecule has 33 heavy (non-hydrogen) atoms. The summed E-state index contributed by atoms with van der Waals surface area (Å²) < 4.78 is 0. The van der Waals surface area contributed by atoms with Crippen LogP contribution in [0.3, 0.4) is 0 Å². The first-order valence-corrected chi connectivity index (χ1v) is 12.1. The normalized spacial score (nSPS) is 20.8. The standard InChI is InChI=1S/C25H31N5O3/c1-16-14-26-10-8-18(16)25(33)29-12-9-20-19(15-29)24(32)28-23(27-20)21-7-4-11-30(21)22(31)13-17-5-2-3-6-17/h8,10,14,17,21H,2-7,9,11-13,15H2,1H3,(H,27,28,32). The maximum Gasteiger partial charge on any atom is 0.256 e. The van der Waals surface area contributed by atoms with Gasteiger partial charge in [-0.25, -0.2) is 4.98 Å². The molecule has 2 aliphatic heterocycles. The minimum absolute atomic E-state index is 0.0940. The highest BCUT2D eigenvalue weighted by Gasteiger charge is 2.34. The predicted octanol–water partition coefficient (Wildman–Crippen LogP) is 2.92. The average Bonchev–Trinajstić information content (AvgIpc) is 3.51. The van der Waals surface area contributed by atoms with Crippen LogP contribution in [0.1, 0.15) is 84.0 Å². The summed E-state index contributed by atoms with van der Waals surface area (Å²) in [5, 5.41) is 0. The van der Waals surface area contributed by atoms with E-state index in [0.717, 1.165) is 43.5 Å². The van der Waals surface area contributed by atoms with Gasteiger partial charge in [-0.15, -0.1) is 0 Å². The molecule has 2 amide bonds. The highest BCUT2D eigenvalue weighted by atomic mass is 16.2. The van der Waals surface area contributed by atoms with E-state index in [0.29, 0.717) is 42.3 Å². The zero-order valence-corrected chi connectivity index (χ0v) is 19.2. The molecule has 0 radical (unpaired) electrons. The molecule has 2 fully saturated rings. The van der Waals surface area contributed by atoms with E-state index in [-0.39, 0.29) is 30.0 Å². The van der Waals surface area contributed by atoms with Gasteiger partial charge >= 0.3 is 0 Å². The summed E-state index contributed by atoms with van der Waals surface area (Å²) in [6.45, 7) is 3.34. The molecule has 0 aromatic carbocycles. The molecule has 8 heteroatoms. The van der Waals surface area contributed by atoms with E-state index in [1.807, 2.05) is 11.8 Å². The lowest BCUT2D eigenvalue weighted by Gasteiger charge is -2.30. The van der Waals surface area contributed by atoms with Crippen LogP contribution in [0.2, 0.25) is 0 Å². The molecular formula is C25H31N5O3. The Morgan fingerprint density at radius 1 is 1.15 bits per heavy atom. The molecular weight excluding hydrogens is 418 g/mol. The van der Waals surface area contributed by atoms with Crippen LogP contribution in [0.4, 0.5) is 0 Å². The number of aromatic amines is 1. The Morgan fingerprint density at radius 2 is 1.97 bits per heavy atom. The number of aromatic nitrogens is 3. The van der Waals surface area contributed by atoms with Crippen molar-refractivity contribution in [2.75, 3.05) is 13.1 Å². The second-order valence-corrected chi connectivity index (χ2v) is 9.64. The molecule has 0 spiro atoms. The Bertz CT molecular complexity index is 1120. The Morgan fingerprint density at radius 3 is 2.76 bits per heavy atom. The topological polar surface area (TPSA) is 99.3 Å². The number of aryl methyl sites for hydroxylation is 1. The highest BCUT2D eigenvalue weighted by molar-refractivity contribution is 5.95. The molecule has 1 atom stereocenters. The van der Waals surface area contributed by atoms with Crippen molar-refractivity contribution in [2.24, 2.45) is 5.92 Å². The van der Waals surface area contributed by atoms with Crippen LogP contribution < -0.4 is 5.56 Å². The minimum Gasteiger partial charge on any atom is -0.334 e. The Balaban J connectivity index is 1.34. The number of nitrogens with one attached hydrogen (secondary N) is 1. The zero-order valence-electron chi connectivity index (χ0n) is 19.2. The van der Waals surface area contributed by atoms with E-state index in [1.165, 1.54) is 12.8 Å². The molecule has 0 bridgehead atoms. The summed E-state index contributed by atoms with van der Waals surface area (Å²) in [7, 11) is 0. The smallest absolute Gasteiger partial charge is 0.256 e. The summed E-state index contributed by atoms with van der Waals surface area (Å²) in [5.74, 6) is 1.19. The second kappa shape index (κ2) is 9.08. The number of amides is 2. The molecule has 1 saturated carbocycles. The number of rotatable bonds is 4. The number of hydrogen-bond donors (Lipinski definition) is 1. The fraction of sp³-hybridized carbons (Fsp3) is 0.560. The molecule has 174 valence electrons. The van der Waals surface area contributed by atoms with Crippen molar-refractivity contribution in [3.8, 4) is 0 Å². The van der Waals surface area contributed by atoms with Crippen molar-refractivity contribution < 1.29 is 9.59 Å². The summed E-state index contributed by atoms with van der Waals surface area (Å²) >= 11 is 0. The van der Waals surface area contributed by atoms with Gasteiger partial charge in [-0.3, -0.25) is 19.4 Å².